The average Bonchev–Trinajstić information content (AvgIpc) is 3.55. The molecule has 0 radical (unpaired) electrons. The predicted molar refractivity (Wildman–Crippen MR) is 133 cm³/mol. The van der Waals surface area contributed by atoms with E-state index in [4.69, 9.17) is 9.47 Å². The Morgan fingerprint density at radius 3 is 2.58 bits per heavy atom. The molecule has 1 saturated carbocycles. The molecule has 1 aromatic carbocycles. The van der Waals surface area contributed by atoms with Gasteiger partial charge in [0.25, 0.3) is 11.8 Å². The number of benzene rings is 1. The molecule has 2 N–H and O–H groups in total. The van der Waals surface area contributed by atoms with E-state index in [2.05, 4.69) is 15.7 Å². The zero-order valence-corrected chi connectivity index (χ0v) is 21.4. The molecule has 2 aliphatic rings. The minimum Gasteiger partial charge on any atom is -0.497 e. The lowest BCUT2D eigenvalue weighted by atomic mass is 9.94. The molecule has 4 rings (SSSR count). The van der Waals surface area contributed by atoms with Crippen LogP contribution >= 0.6 is 0 Å². The van der Waals surface area contributed by atoms with Crippen molar-refractivity contribution in [3.63, 3.8) is 0 Å². The largest absolute Gasteiger partial charge is 0.497 e. The number of carbonyl (C=O) groups is 3. The zero-order valence-electron chi connectivity index (χ0n) is 21.4. The van der Waals surface area contributed by atoms with Gasteiger partial charge >= 0.3 is 0 Å². The summed E-state index contributed by atoms with van der Waals surface area (Å²) < 4.78 is 12.1. The van der Waals surface area contributed by atoms with Gasteiger partial charge in [-0.05, 0) is 38.3 Å². The van der Waals surface area contributed by atoms with Crippen molar-refractivity contribution in [2.24, 2.45) is 0 Å². The normalized spacial score (nSPS) is 19.7. The molecule has 1 aromatic heterocycles. The Bertz CT molecular complexity index is 1140. The molecule has 1 aliphatic heterocycles. The van der Waals surface area contributed by atoms with Crippen molar-refractivity contribution in [1.82, 2.24) is 25.3 Å². The lowest BCUT2D eigenvalue weighted by Gasteiger charge is -2.43. The first-order valence-corrected chi connectivity index (χ1v) is 12.5. The summed E-state index contributed by atoms with van der Waals surface area (Å²) in [5.74, 6) is 0.360. The molecule has 0 spiro atoms. The minimum absolute atomic E-state index is 0.128. The van der Waals surface area contributed by atoms with E-state index in [0.717, 1.165) is 31.2 Å². The van der Waals surface area contributed by atoms with Gasteiger partial charge < -0.3 is 25.0 Å². The maximum atomic E-state index is 13.4. The van der Waals surface area contributed by atoms with E-state index in [1.165, 1.54) is 10.7 Å². The first-order chi connectivity index (χ1) is 17.3. The van der Waals surface area contributed by atoms with Crippen molar-refractivity contribution in [2.45, 2.75) is 70.6 Å². The molecule has 0 bridgehead atoms. The maximum Gasteiger partial charge on any atom is 0.273 e. The van der Waals surface area contributed by atoms with Crippen molar-refractivity contribution in [1.29, 1.82) is 0 Å². The molecular formula is C26H35N5O5. The van der Waals surface area contributed by atoms with Crippen LogP contribution in [0.2, 0.25) is 0 Å². The predicted octanol–water partition coefficient (Wildman–Crippen LogP) is 2.51. The van der Waals surface area contributed by atoms with Gasteiger partial charge in [0, 0.05) is 36.8 Å². The van der Waals surface area contributed by atoms with Crippen molar-refractivity contribution in [3.8, 4) is 11.5 Å². The number of amides is 3. The number of ether oxygens (including phenoxy) is 2. The molecule has 0 unspecified atom stereocenters. The van der Waals surface area contributed by atoms with Crippen LogP contribution in [-0.2, 0) is 17.9 Å². The number of nitrogens with one attached hydrogen (secondary N) is 2. The molecule has 1 fully saturated rings. The lowest BCUT2D eigenvalue weighted by Crippen LogP contribution is -2.65. The van der Waals surface area contributed by atoms with Crippen molar-refractivity contribution in [2.75, 3.05) is 20.8 Å². The van der Waals surface area contributed by atoms with Gasteiger partial charge in [-0.15, -0.1) is 0 Å². The van der Waals surface area contributed by atoms with Crippen molar-refractivity contribution in [3.05, 3.63) is 41.2 Å². The first kappa shape index (κ1) is 25.5. The van der Waals surface area contributed by atoms with E-state index in [1.54, 1.807) is 38.2 Å². The SMILES string of the molecule is CCCN1C(=O)c2cc(C(=O)NCc3ccc(OC)cc3OC)nn2C[C@]1(C)C(=O)NC1CCCC1. The van der Waals surface area contributed by atoms with E-state index < -0.39 is 11.4 Å². The van der Waals surface area contributed by atoms with Crippen molar-refractivity contribution < 1.29 is 23.9 Å². The van der Waals surface area contributed by atoms with Crippen LogP contribution in [0.25, 0.3) is 0 Å². The summed E-state index contributed by atoms with van der Waals surface area (Å²) in [4.78, 5) is 41.4. The Morgan fingerprint density at radius 2 is 1.92 bits per heavy atom. The van der Waals surface area contributed by atoms with Gasteiger partial charge in [-0.2, -0.15) is 5.10 Å². The Balaban J connectivity index is 1.52. The second-order valence-corrected chi connectivity index (χ2v) is 9.62. The van der Waals surface area contributed by atoms with Crippen LogP contribution < -0.4 is 20.1 Å². The van der Waals surface area contributed by atoms with Gasteiger partial charge in [0.1, 0.15) is 22.7 Å². The summed E-state index contributed by atoms with van der Waals surface area (Å²) in [6, 6.07) is 6.99. The summed E-state index contributed by atoms with van der Waals surface area (Å²) in [6.07, 6.45) is 4.83. The molecular weight excluding hydrogens is 462 g/mol. The fourth-order valence-corrected chi connectivity index (χ4v) is 5.00. The quantitative estimate of drug-likeness (QED) is 0.550. The molecule has 2 heterocycles. The zero-order chi connectivity index (χ0) is 25.9. The Hall–Kier alpha value is -3.56. The van der Waals surface area contributed by atoms with Crippen LogP contribution in [-0.4, -0.2) is 64.7 Å². The summed E-state index contributed by atoms with van der Waals surface area (Å²) in [5, 5.41) is 10.4. The molecule has 194 valence electrons. The number of methoxy groups -OCH3 is 2. The molecule has 0 saturated heterocycles. The first-order valence-electron chi connectivity index (χ1n) is 12.5. The van der Waals surface area contributed by atoms with Crippen molar-refractivity contribution >= 4 is 17.7 Å². The van der Waals surface area contributed by atoms with Gasteiger partial charge in [0.15, 0.2) is 5.69 Å². The second kappa shape index (κ2) is 10.6. The molecule has 1 atom stereocenters. The van der Waals surface area contributed by atoms with Crippen LogP contribution in [0, 0.1) is 0 Å². The summed E-state index contributed by atoms with van der Waals surface area (Å²) >= 11 is 0. The third-order valence-corrected chi connectivity index (χ3v) is 7.09. The summed E-state index contributed by atoms with van der Waals surface area (Å²) in [7, 11) is 3.13. The number of carbonyl (C=O) groups excluding carboxylic acids is 3. The number of rotatable bonds is 9. The lowest BCUT2D eigenvalue weighted by molar-refractivity contribution is -0.133. The van der Waals surface area contributed by atoms with Crippen LogP contribution in [0.3, 0.4) is 0 Å². The van der Waals surface area contributed by atoms with Crippen LogP contribution in [0.4, 0.5) is 0 Å². The van der Waals surface area contributed by atoms with Crippen LogP contribution in [0.15, 0.2) is 24.3 Å². The Labute approximate surface area is 211 Å². The maximum absolute atomic E-state index is 13.4. The van der Waals surface area contributed by atoms with E-state index in [9.17, 15) is 14.4 Å². The van der Waals surface area contributed by atoms with E-state index in [1.807, 2.05) is 13.0 Å². The van der Waals surface area contributed by atoms with E-state index in [-0.39, 0.29) is 36.6 Å². The van der Waals surface area contributed by atoms with Gasteiger partial charge in [0.2, 0.25) is 5.91 Å². The molecule has 36 heavy (non-hydrogen) atoms. The third kappa shape index (κ3) is 4.89. The molecule has 1 aliphatic carbocycles. The highest BCUT2D eigenvalue weighted by molar-refractivity contribution is 6.02. The number of hydrogen-bond donors (Lipinski definition) is 2. The van der Waals surface area contributed by atoms with E-state index in [0.29, 0.717) is 30.2 Å². The third-order valence-electron chi connectivity index (χ3n) is 7.09. The standard InChI is InChI=1S/C26H35N5O5/c1-5-12-30-24(33)21-14-20(23(32)27-15-17-10-11-19(35-3)13-22(17)36-4)29-31(21)16-26(30,2)25(34)28-18-8-6-7-9-18/h10-11,13-14,18H,5-9,12,15-16H2,1-4H3,(H,27,32)(H,28,34)/t26-/m1/s1. The highest BCUT2D eigenvalue weighted by Gasteiger charge is 2.48. The molecule has 3 amide bonds. The van der Waals surface area contributed by atoms with Crippen LogP contribution in [0.5, 0.6) is 11.5 Å². The average molecular weight is 498 g/mol. The number of nitrogens with zero attached hydrogens (tertiary/aromatic N) is 3. The number of aromatic nitrogens is 2. The number of hydrogen-bond acceptors (Lipinski definition) is 6. The van der Waals surface area contributed by atoms with Gasteiger partial charge in [-0.3, -0.25) is 19.1 Å². The summed E-state index contributed by atoms with van der Waals surface area (Å²) in [5.41, 5.74) is 0.125. The monoisotopic (exact) mass is 497 g/mol. The van der Waals surface area contributed by atoms with E-state index >= 15 is 0 Å². The molecule has 2 aromatic rings. The molecule has 10 nitrogen and oxygen atoms in total. The fraction of sp³-hybridized carbons (Fsp3) is 0.538. The highest BCUT2D eigenvalue weighted by atomic mass is 16.5. The van der Waals surface area contributed by atoms with Gasteiger partial charge in [0.05, 0.1) is 20.8 Å². The van der Waals surface area contributed by atoms with Gasteiger partial charge in [-0.25, -0.2) is 0 Å². The minimum atomic E-state index is -1.08. The Morgan fingerprint density at radius 1 is 1.17 bits per heavy atom. The topological polar surface area (TPSA) is 115 Å². The van der Waals surface area contributed by atoms with Gasteiger partial charge in [-0.1, -0.05) is 19.8 Å². The molecule has 10 heteroatoms. The Kier molecular flexibility index (Phi) is 7.51. The highest BCUT2D eigenvalue weighted by Crippen LogP contribution is 2.29. The second-order valence-electron chi connectivity index (χ2n) is 9.62. The number of fused-ring (bicyclic) bond motifs is 1. The fourth-order valence-electron chi connectivity index (χ4n) is 5.00. The summed E-state index contributed by atoms with van der Waals surface area (Å²) in [6.45, 7) is 4.60. The van der Waals surface area contributed by atoms with Crippen LogP contribution in [0.1, 0.15) is 72.5 Å². The smallest absolute Gasteiger partial charge is 0.273 e.